The van der Waals surface area contributed by atoms with E-state index in [9.17, 15) is 14.3 Å². The number of aromatic nitrogens is 1. The molecule has 1 aromatic heterocycles. The number of benzene rings is 1. The number of nitrogens with zero attached hydrogens (tertiary/aromatic N) is 2. The first-order valence-electron chi connectivity index (χ1n) is 14.2. The Kier molecular flexibility index (Phi) is 8.89. The summed E-state index contributed by atoms with van der Waals surface area (Å²) in [5.41, 5.74) is 3.70. The second-order valence-corrected chi connectivity index (χ2v) is 11.0. The SMILES string of the molecule is O=C(O)C(c1cc(F)ccc1C1CCOCC1)N1CCC(C(F)CCCCc2ccc3c(n2)NCCC3)C1. The van der Waals surface area contributed by atoms with Crippen LogP contribution in [-0.2, 0) is 22.4 Å². The Morgan fingerprint density at radius 3 is 2.84 bits per heavy atom. The number of nitrogens with one attached hydrogen (secondary N) is 1. The van der Waals surface area contributed by atoms with E-state index in [0.717, 1.165) is 68.6 Å². The number of alkyl halides is 1. The first-order chi connectivity index (χ1) is 18.5. The van der Waals surface area contributed by atoms with Crippen LogP contribution in [0.1, 0.15) is 79.3 Å². The number of hydrogen-bond donors (Lipinski definition) is 2. The van der Waals surface area contributed by atoms with E-state index in [-0.39, 0.29) is 11.8 Å². The second-order valence-electron chi connectivity index (χ2n) is 11.0. The molecule has 2 fully saturated rings. The number of hydrogen-bond acceptors (Lipinski definition) is 5. The highest BCUT2D eigenvalue weighted by Crippen LogP contribution is 2.38. The normalized spacial score (nSPS) is 22.0. The minimum absolute atomic E-state index is 0.147. The first-order valence-corrected chi connectivity index (χ1v) is 14.2. The number of aryl methyl sites for hydroxylation is 2. The number of fused-ring (bicyclic) bond motifs is 1. The standard InChI is InChI=1S/C30H39F2N3O3/c31-23-8-10-25(20-12-16-38-17-13-20)26(18-23)28(30(36)37)35-15-11-22(19-35)27(32)6-2-1-5-24-9-7-21-4-3-14-33-29(21)34-24/h7-10,18,20,22,27-28H,1-6,11-17,19H2,(H,33,34)(H,36,37). The highest BCUT2D eigenvalue weighted by Gasteiger charge is 2.38. The predicted octanol–water partition coefficient (Wildman–Crippen LogP) is 5.67. The molecule has 0 bridgehead atoms. The average molecular weight is 528 g/mol. The van der Waals surface area contributed by atoms with E-state index < -0.39 is 24.0 Å². The Hall–Kier alpha value is -2.58. The maximum Gasteiger partial charge on any atom is 0.325 e. The molecule has 0 amide bonds. The first kappa shape index (κ1) is 27.0. The molecule has 5 rings (SSSR count). The molecule has 0 aliphatic carbocycles. The number of likely N-dealkylation sites (tertiary alicyclic amines) is 1. The van der Waals surface area contributed by atoms with Crippen molar-refractivity contribution in [1.82, 2.24) is 9.88 Å². The average Bonchev–Trinajstić information content (AvgIpc) is 3.41. The fraction of sp³-hybridized carbons (Fsp3) is 0.600. The maximum atomic E-state index is 15.3. The molecule has 2 saturated heterocycles. The van der Waals surface area contributed by atoms with Crippen LogP contribution in [0.3, 0.4) is 0 Å². The van der Waals surface area contributed by atoms with Crippen LogP contribution < -0.4 is 5.32 Å². The molecule has 2 aromatic rings. The summed E-state index contributed by atoms with van der Waals surface area (Å²) in [5.74, 6) is -0.510. The van der Waals surface area contributed by atoms with E-state index in [4.69, 9.17) is 9.72 Å². The molecule has 3 aliphatic heterocycles. The number of rotatable bonds is 10. The second kappa shape index (κ2) is 12.5. The lowest BCUT2D eigenvalue weighted by Gasteiger charge is -2.30. The summed E-state index contributed by atoms with van der Waals surface area (Å²) in [7, 11) is 0. The largest absolute Gasteiger partial charge is 0.480 e. The van der Waals surface area contributed by atoms with Crippen LogP contribution in [0, 0.1) is 11.7 Å². The van der Waals surface area contributed by atoms with Crippen molar-refractivity contribution >= 4 is 11.8 Å². The van der Waals surface area contributed by atoms with E-state index in [1.54, 1.807) is 6.07 Å². The summed E-state index contributed by atoms with van der Waals surface area (Å²) in [5, 5.41) is 13.6. The third kappa shape index (κ3) is 6.34. The number of ether oxygens (including phenoxy) is 1. The van der Waals surface area contributed by atoms with Crippen molar-refractivity contribution in [2.24, 2.45) is 5.92 Å². The topological polar surface area (TPSA) is 74.7 Å². The number of pyridine rings is 1. The molecule has 3 aliphatic rings. The van der Waals surface area contributed by atoms with Crippen molar-refractivity contribution in [3.63, 3.8) is 0 Å². The minimum atomic E-state index is -1.01. The van der Waals surface area contributed by atoms with Crippen molar-refractivity contribution in [1.29, 1.82) is 0 Å². The smallest absolute Gasteiger partial charge is 0.325 e. The van der Waals surface area contributed by atoms with Gasteiger partial charge in [0.1, 0.15) is 23.8 Å². The maximum absolute atomic E-state index is 15.3. The van der Waals surface area contributed by atoms with Crippen molar-refractivity contribution in [3.05, 3.63) is 58.5 Å². The van der Waals surface area contributed by atoms with Gasteiger partial charge in [-0.2, -0.15) is 0 Å². The summed E-state index contributed by atoms with van der Waals surface area (Å²) in [6.07, 6.45) is 6.35. The number of unbranched alkanes of at least 4 members (excludes halogenated alkanes) is 1. The summed E-state index contributed by atoms with van der Waals surface area (Å²) in [6, 6.07) is 7.78. The number of anilines is 1. The van der Waals surface area contributed by atoms with Crippen LogP contribution in [-0.4, -0.2) is 60.0 Å². The molecule has 2 N–H and O–H groups in total. The molecule has 0 spiro atoms. The molecular weight excluding hydrogens is 488 g/mol. The van der Waals surface area contributed by atoms with E-state index in [0.29, 0.717) is 44.7 Å². The lowest BCUT2D eigenvalue weighted by molar-refractivity contribution is -0.143. The van der Waals surface area contributed by atoms with Crippen molar-refractivity contribution in [2.45, 2.75) is 75.9 Å². The predicted molar refractivity (Wildman–Crippen MR) is 143 cm³/mol. The quantitative estimate of drug-likeness (QED) is 0.388. The van der Waals surface area contributed by atoms with Gasteiger partial charge < -0.3 is 15.2 Å². The molecule has 3 atom stereocenters. The molecule has 0 radical (unpaired) electrons. The zero-order chi connectivity index (χ0) is 26.5. The fourth-order valence-corrected chi connectivity index (χ4v) is 6.38. The van der Waals surface area contributed by atoms with Crippen molar-refractivity contribution in [2.75, 3.05) is 38.2 Å². The van der Waals surface area contributed by atoms with Crippen LogP contribution in [0.2, 0.25) is 0 Å². The molecule has 206 valence electrons. The molecular formula is C30H39F2N3O3. The van der Waals surface area contributed by atoms with Crippen LogP contribution in [0.15, 0.2) is 30.3 Å². The Morgan fingerprint density at radius 1 is 1.18 bits per heavy atom. The van der Waals surface area contributed by atoms with E-state index in [1.807, 2.05) is 4.90 Å². The van der Waals surface area contributed by atoms with E-state index in [2.05, 4.69) is 17.4 Å². The van der Waals surface area contributed by atoms with Crippen LogP contribution in [0.5, 0.6) is 0 Å². The summed E-state index contributed by atoms with van der Waals surface area (Å²) >= 11 is 0. The number of carbonyl (C=O) groups is 1. The third-order valence-electron chi connectivity index (χ3n) is 8.49. The Morgan fingerprint density at radius 2 is 2.03 bits per heavy atom. The summed E-state index contributed by atoms with van der Waals surface area (Å²) in [6.45, 7) is 3.07. The number of halogens is 2. The minimum Gasteiger partial charge on any atom is -0.480 e. The van der Waals surface area contributed by atoms with Gasteiger partial charge in [0.2, 0.25) is 0 Å². The molecule has 0 saturated carbocycles. The van der Waals surface area contributed by atoms with Gasteiger partial charge in [0.25, 0.3) is 0 Å². The molecule has 8 heteroatoms. The zero-order valence-corrected chi connectivity index (χ0v) is 22.0. The Balaban J connectivity index is 1.16. The third-order valence-corrected chi connectivity index (χ3v) is 8.49. The van der Waals surface area contributed by atoms with E-state index >= 15 is 4.39 Å². The highest BCUT2D eigenvalue weighted by atomic mass is 19.1. The molecule has 4 heterocycles. The zero-order valence-electron chi connectivity index (χ0n) is 22.0. The molecule has 38 heavy (non-hydrogen) atoms. The van der Waals surface area contributed by atoms with Crippen LogP contribution in [0.25, 0.3) is 0 Å². The summed E-state index contributed by atoms with van der Waals surface area (Å²) < 4.78 is 35.0. The van der Waals surface area contributed by atoms with Gasteiger partial charge in [-0.25, -0.2) is 13.8 Å². The molecule has 6 nitrogen and oxygen atoms in total. The lowest BCUT2D eigenvalue weighted by Crippen LogP contribution is -2.34. The van der Waals surface area contributed by atoms with Crippen LogP contribution in [0.4, 0.5) is 14.6 Å². The highest BCUT2D eigenvalue weighted by molar-refractivity contribution is 5.76. The van der Waals surface area contributed by atoms with Crippen LogP contribution >= 0.6 is 0 Å². The number of carboxylic acids is 1. The number of aliphatic carboxylic acids is 1. The van der Waals surface area contributed by atoms with Gasteiger partial charge in [-0.15, -0.1) is 0 Å². The Labute approximate surface area is 223 Å². The van der Waals surface area contributed by atoms with Gasteiger partial charge in [-0.1, -0.05) is 18.6 Å². The molecule has 1 aromatic carbocycles. The van der Waals surface area contributed by atoms with Crippen molar-refractivity contribution in [3.8, 4) is 0 Å². The lowest BCUT2D eigenvalue weighted by atomic mass is 9.85. The monoisotopic (exact) mass is 527 g/mol. The fourth-order valence-electron chi connectivity index (χ4n) is 6.38. The van der Waals surface area contributed by atoms with Gasteiger partial charge in [0, 0.05) is 37.9 Å². The van der Waals surface area contributed by atoms with Gasteiger partial charge in [-0.3, -0.25) is 9.69 Å². The molecule has 3 unspecified atom stereocenters. The van der Waals surface area contributed by atoms with Crippen molar-refractivity contribution < 1.29 is 23.4 Å². The van der Waals surface area contributed by atoms with Gasteiger partial charge in [0.15, 0.2) is 0 Å². The van der Waals surface area contributed by atoms with Gasteiger partial charge in [-0.05, 0) is 98.7 Å². The van der Waals surface area contributed by atoms with Gasteiger partial charge >= 0.3 is 5.97 Å². The van der Waals surface area contributed by atoms with Gasteiger partial charge in [0.05, 0.1) is 0 Å². The number of carboxylic acid groups (broad SMARTS) is 1. The Bertz CT molecular complexity index is 1110. The van der Waals surface area contributed by atoms with E-state index in [1.165, 1.54) is 17.7 Å². The summed E-state index contributed by atoms with van der Waals surface area (Å²) in [4.78, 5) is 19.0.